The number of thioether (sulfide) groups is 1. The molecule has 0 saturated heterocycles. The highest BCUT2D eigenvalue weighted by Crippen LogP contribution is 2.40. The Kier molecular flexibility index (Phi) is 4.91. The fourth-order valence-electron chi connectivity index (χ4n) is 3.11. The highest BCUT2D eigenvalue weighted by molar-refractivity contribution is 7.98. The van der Waals surface area contributed by atoms with Crippen LogP contribution in [0.15, 0.2) is 71.2 Å². The molecule has 0 aliphatic carbocycles. The molecular formula is C22H18N4OS2. The number of hydrogen-bond donors (Lipinski definition) is 1. The van der Waals surface area contributed by atoms with Crippen LogP contribution in [0.25, 0.3) is 11.3 Å². The highest BCUT2D eigenvalue weighted by atomic mass is 32.2. The van der Waals surface area contributed by atoms with Crippen LogP contribution in [-0.2, 0) is 5.75 Å². The molecule has 3 heterocycles. The van der Waals surface area contributed by atoms with Gasteiger partial charge in [-0.3, -0.25) is 0 Å². The summed E-state index contributed by atoms with van der Waals surface area (Å²) in [6, 6.07) is 20.6. The topological polar surface area (TPSA) is 59.9 Å². The molecule has 29 heavy (non-hydrogen) atoms. The predicted molar refractivity (Wildman–Crippen MR) is 117 cm³/mol. The molecule has 1 unspecified atom stereocenters. The van der Waals surface area contributed by atoms with Crippen molar-refractivity contribution in [2.75, 3.05) is 5.32 Å². The Morgan fingerprint density at radius 2 is 1.90 bits per heavy atom. The van der Waals surface area contributed by atoms with Gasteiger partial charge in [-0.25, -0.2) is 0 Å². The number of thiophene rings is 1. The van der Waals surface area contributed by atoms with Crippen molar-refractivity contribution >= 4 is 28.8 Å². The van der Waals surface area contributed by atoms with Crippen molar-refractivity contribution in [1.29, 1.82) is 0 Å². The second-order valence-electron chi connectivity index (χ2n) is 6.73. The number of nitrogens with one attached hydrogen (secondary N) is 1. The van der Waals surface area contributed by atoms with Gasteiger partial charge in [0.1, 0.15) is 0 Å². The van der Waals surface area contributed by atoms with Crippen molar-refractivity contribution in [3.8, 4) is 17.1 Å². The summed E-state index contributed by atoms with van der Waals surface area (Å²) < 4.78 is 6.26. The number of fused-ring (bicyclic) bond motifs is 3. The zero-order chi connectivity index (χ0) is 19.6. The van der Waals surface area contributed by atoms with E-state index in [4.69, 9.17) is 9.72 Å². The van der Waals surface area contributed by atoms with Crippen LogP contribution in [0, 0.1) is 6.92 Å². The summed E-state index contributed by atoms with van der Waals surface area (Å²) in [5.74, 6) is 1.28. The molecule has 1 N–H and O–H groups in total. The van der Waals surface area contributed by atoms with Crippen LogP contribution >= 0.6 is 23.1 Å². The van der Waals surface area contributed by atoms with Gasteiger partial charge in [-0.15, -0.1) is 21.5 Å². The van der Waals surface area contributed by atoms with E-state index in [0.717, 1.165) is 21.9 Å². The SMILES string of the molecule is Cc1ccc(CSc2nnc3c(n2)OC(c2cccs2)Nc2ccccc2-3)cc1. The average molecular weight is 419 g/mol. The number of aryl methyl sites for hydroxylation is 1. The van der Waals surface area contributed by atoms with E-state index in [1.807, 2.05) is 35.7 Å². The standard InChI is InChI=1S/C22H18N4OS2/c1-14-8-10-15(11-9-14)13-29-22-24-21-19(25-26-22)16-5-2-3-6-17(16)23-20(27-21)18-7-4-12-28-18/h2-12,20,23H,13H2,1H3. The van der Waals surface area contributed by atoms with E-state index in [2.05, 4.69) is 52.8 Å². The molecule has 0 saturated carbocycles. The first-order valence-electron chi connectivity index (χ1n) is 9.25. The van der Waals surface area contributed by atoms with Gasteiger partial charge >= 0.3 is 0 Å². The van der Waals surface area contributed by atoms with Crippen LogP contribution in [-0.4, -0.2) is 15.2 Å². The molecule has 2 aromatic carbocycles. The third-order valence-electron chi connectivity index (χ3n) is 4.62. The largest absolute Gasteiger partial charge is 0.447 e. The summed E-state index contributed by atoms with van der Waals surface area (Å²) in [6.07, 6.45) is -0.316. The van der Waals surface area contributed by atoms with Crippen molar-refractivity contribution in [3.63, 3.8) is 0 Å². The lowest BCUT2D eigenvalue weighted by Crippen LogP contribution is -2.15. The van der Waals surface area contributed by atoms with Gasteiger partial charge in [0.15, 0.2) is 5.69 Å². The van der Waals surface area contributed by atoms with E-state index >= 15 is 0 Å². The number of anilines is 1. The molecule has 5 nitrogen and oxygen atoms in total. The molecular weight excluding hydrogens is 400 g/mol. The maximum absolute atomic E-state index is 6.26. The van der Waals surface area contributed by atoms with Crippen molar-refractivity contribution in [2.45, 2.75) is 24.1 Å². The Balaban J connectivity index is 1.47. The summed E-state index contributed by atoms with van der Waals surface area (Å²) in [5, 5.41) is 14.9. The van der Waals surface area contributed by atoms with Crippen LogP contribution in [0.2, 0.25) is 0 Å². The smallest absolute Gasteiger partial charge is 0.247 e. The van der Waals surface area contributed by atoms with Crippen molar-refractivity contribution < 1.29 is 4.74 Å². The predicted octanol–water partition coefficient (Wildman–Crippen LogP) is 5.70. The molecule has 1 aliphatic heterocycles. The molecule has 7 heteroatoms. The molecule has 0 radical (unpaired) electrons. The zero-order valence-electron chi connectivity index (χ0n) is 15.7. The fraction of sp³-hybridized carbons (Fsp3) is 0.136. The minimum atomic E-state index is -0.316. The van der Waals surface area contributed by atoms with E-state index < -0.39 is 0 Å². The van der Waals surface area contributed by atoms with Crippen molar-refractivity contribution in [3.05, 3.63) is 82.0 Å². The fourth-order valence-corrected chi connectivity index (χ4v) is 4.55. The normalized spacial score (nSPS) is 14.9. The first kappa shape index (κ1) is 18.1. The zero-order valence-corrected chi connectivity index (χ0v) is 17.3. The maximum atomic E-state index is 6.26. The summed E-state index contributed by atoms with van der Waals surface area (Å²) >= 11 is 3.20. The number of hydrogen-bond acceptors (Lipinski definition) is 7. The third-order valence-corrected chi connectivity index (χ3v) is 6.45. The Hall–Kier alpha value is -2.90. The van der Waals surface area contributed by atoms with E-state index in [1.165, 1.54) is 11.1 Å². The third kappa shape index (κ3) is 3.83. The minimum absolute atomic E-state index is 0.316. The van der Waals surface area contributed by atoms with E-state index in [-0.39, 0.29) is 6.23 Å². The number of nitrogens with zero attached hydrogens (tertiary/aromatic N) is 3. The summed E-state index contributed by atoms with van der Waals surface area (Å²) in [6.45, 7) is 2.09. The molecule has 0 fully saturated rings. The monoisotopic (exact) mass is 418 g/mol. The Morgan fingerprint density at radius 1 is 1.03 bits per heavy atom. The highest BCUT2D eigenvalue weighted by Gasteiger charge is 2.26. The lowest BCUT2D eigenvalue weighted by molar-refractivity contribution is 0.229. The number of aromatic nitrogens is 3. The summed E-state index contributed by atoms with van der Waals surface area (Å²) in [5.41, 5.74) is 5.04. The number of ether oxygens (including phenoxy) is 1. The van der Waals surface area contributed by atoms with Gasteiger partial charge in [0, 0.05) is 17.0 Å². The van der Waals surface area contributed by atoms with Gasteiger partial charge in [-0.1, -0.05) is 65.9 Å². The number of rotatable bonds is 4. The molecule has 0 spiro atoms. The Morgan fingerprint density at radius 3 is 2.72 bits per heavy atom. The van der Waals surface area contributed by atoms with Crippen molar-refractivity contribution in [2.24, 2.45) is 0 Å². The van der Waals surface area contributed by atoms with Gasteiger partial charge in [-0.2, -0.15) is 4.98 Å². The lowest BCUT2D eigenvalue weighted by atomic mass is 10.1. The second-order valence-corrected chi connectivity index (χ2v) is 8.65. The maximum Gasteiger partial charge on any atom is 0.247 e. The lowest BCUT2D eigenvalue weighted by Gasteiger charge is -2.17. The molecule has 2 aromatic heterocycles. The molecule has 5 rings (SSSR count). The minimum Gasteiger partial charge on any atom is -0.447 e. The Bertz CT molecular complexity index is 1130. The first-order chi connectivity index (χ1) is 14.3. The van der Waals surface area contributed by atoms with Crippen LogP contribution in [0.4, 0.5) is 5.69 Å². The van der Waals surface area contributed by atoms with E-state index in [9.17, 15) is 0 Å². The quantitative estimate of drug-likeness (QED) is 0.429. The van der Waals surface area contributed by atoms with Gasteiger partial charge in [-0.05, 0) is 30.0 Å². The summed E-state index contributed by atoms with van der Waals surface area (Å²) in [7, 11) is 0. The van der Waals surface area contributed by atoms with Gasteiger partial charge < -0.3 is 10.1 Å². The van der Waals surface area contributed by atoms with Crippen LogP contribution in [0.5, 0.6) is 5.88 Å². The number of benzene rings is 2. The molecule has 4 aromatic rings. The van der Waals surface area contributed by atoms with Gasteiger partial charge in [0.05, 0.1) is 4.88 Å². The Labute approximate surface area is 177 Å². The van der Waals surface area contributed by atoms with Crippen LogP contribution in [0.1, 0.15) is 22.2 Å². The van der Waals surface area contributed by atoms with E-state index in [1.54, 1.807) is 23.1 Å². The van der Waals surface area contributed by atoms with Gasteiger partial charge in [0.25, 0.3) is 0 Å². The number of para-hydroxylation sites is 1. The second kappa shape index (κ2) is 7.85. The van der Waals surface area contributed by atoms with Gasteiger partial charge in [0.2, 0.25) is 17.3 Å². The summed E-state index contributed by atoms with van der Waals surface area (Å²) in [4.78, 5) is 5.78. The molecule has 0 amide bonds. The molecule has 1 atom stereocenters. The molecule has 1 aliphatic rings. The molecule has 144 valence electrons. The van der Waals surface area contributed by atoms with Crippen LogP contribution < -0.4 is 10.1 Å². The van der Waals surface area contributed by atoms with Crippen LogP contribution in [0.3, 0.4) is 0 Å². The average Bonchev–Trinajstić information content (AvgIpc) is 3.23. The molecule has 0 bridgehead atoms. The van der Waals surface area contributed by atoms with Crippen molar-refractivity contribution in [1.82, 2.24) is 15.2 Å². The van der Waals surface area contributed by atoms with E-state index in [0.29, 0.717) is 16.7 Å². The first-order valence-corrected chi connectivity index (χ1v) is 11.1.